The molecule has 2 aromatic rings. The van der Waals surface area contributed by atoms with Crippen LogP contribution in [0.3, 0.4) is 0 Å². The molecule has 2 aromatic carbocycles. The number of rotatable bonds is 6. The molecular weight excluding hydrogens is 246 g/mol. The molecule has 0 bridgehead atoms. The van der Waals surface area contributed by atoms with Gasteiger partial charge in [-0.3, -0.25) is 0 Å². The Bertz CT molecular complexity index is 507. The average molecular weight is 269 g/mol. The predicted octanol–water partition coefficient (Wildman–Crippen LogP) is 3.60. The van der Waals surface area contributed by atoms with Crippen molar-refractivity contribution in [2.45, 2.75) is 39.0 Å². The maximum absolute atomic E-state index is 10.5. The lowest BCUT2D eigenvalue weighted by atomic mass is 9.99. The third kappa shape index (κ3) is 3.92. The second-order valence-electron chi connectivity index (χ2n) is 5.24. The van der Waals surface area contributed by atoms with Gasteiger partial charge in [-0.15, -0.1) is 0 Å². The van der Waals surface area contributed by atoms with Crippen molar-refractivity contribution >= 4 is 0 Å². The summed E-state index contributed by atoms with van der Waals surface area (Å²) in [6, 6.07) is 18.4. The second kappa shape index (κ2) is 7.22. The molecule has 0 aliphatic heterocycles. The van der Waals surface area contributed by atoms with Gasteiger partial charge in [-0.1, -0.05) is 67.1 Å². The van der Waals surface area contributed by atoms with Crippen molar-refractivity contribution in [3.05, 3.63) is 71.3 Å². The summed E-state index contributed by atoms with van der Waals surface area (Å²) in [7, 11) is 0. The van der Waals surface area contributed by atoms with Gasteiger partial charge in [0.05, 0.1) is 6.10 Å². The summed E-state index contributed by atoms with van der Waals surface area (Å²) < 4.78 is 0. The molecule has 2 rings (SSSR count). The van der Waals surface area contributed by atoms with Crippen molar-refractivity contribution in [3.63, 3.8) is 0 Å². The fourth-order valence-corrected chi connectivity index (χ4v) is 2.32. The third-order valence-corrected chi connectivity index (χ3v) is 3.65. The molecule has 0 aliphatic carbocycles. The number of aliphatic hydroxyl groups is 1. The van der Waals surface area contributed by atoms with Gasteiger partial charge in [0.1, 0.15) is 0 Å². The lowest BCUT2D eigenvalue weighted by Crippen LogP contribution is -2.34. The number of aliphatic hydroxyl groups excluding tert-OH is 1. The van der Waals surface area contributed by atoms with Gasteiger partial charge in [-0.05, 0) is 24.5 Å². The summed E-state index contributed by atoms with van der Waals surface area (Å²) in [4.78, 5) is 0. The van der Waals surface area contributed by atoms with Crippen molar-refractivity contribution in [1.82, 2.24) is 5.32 Å². The highest BCUT2D eigenvalue weighted by molar-refractivity contribution is 5.24. The molecule has 106 valence electrons. The minimum Gasteiger partial charge on any atom is -0.387 e. The maximum atomic E-state index is 10.5. The minimum atomic E-state index is -0.468. The fourth-order valence-electron chi connectivity index (χ4n) is 2.32. The number of nitrogens with one attached hydrogen (secondary N) is 1. The quantitative estimate of drug-likeness (QED) is 0.840. The molecule has 2 unspecified atom stereocenters. The Kier molecular flexibility index (Phi) is 5.33. The molecule has 0 heterocycles. The monoisotopic (exact) mass is 269 g/mol. The summed E-state index contributed by atoms with van der Waals surface area (Å²) in [5.41, 5.74) is 3.43. The lowest BCUT2D eigenvalue weighted by Gasteiger charge is -2.23. The Morgan fingerprint density at radius 1 is 1.00 bits per heavy atom. The van der Waals surface area contributed by atoms with Gasteiger partial charge in [0.25, 0.3) is 0 Å². The van der Waals surface area contributed by atoms with Crippen LogP contribution in [0.5, 0.6) is 0 Å². The SMILES string of the molecule is CCC(NCc1ccccc1)C(O)c1ccc(C)cc1. The van der Waals surface area contributed by atoms with Crippen molar-refractivity contribution in [3.8, 4) is 0 Å². The van der Waals surface area contributed by atoms with Crippen molar-refractivity contribution < 1.29 is 5.11 Å². The molecule has 0 saturated heterocycles. The molecular formula is C18H23NO. The second-order valence-corrected chi connectivity index (χ2v) is 5.24. The highest BCUT2D eigenvalue weighted by atomic mass is 16.3. The Labute approximate surface area is 121 Å². The van der Waals surface area contributed by atoms with E-state index in [4.69, 9.17) is 0 Å². The minimum absolute atomic E-state index is 0.0675. The third-order valence-electron chi connectivity index (χ3n) is 3.65. The summed E-state index contributed by atoms with van der Waals surface area (Å²) in [6.45, 7) is 4.93. The first kappa shape index (κ1) is 14.8. The van der Waals surface area contributed by atoms with E-state index in [-0.39, 0.29) is 6.04 Å². The Hall–Kier alpha value is -1.64. The van der Waals surface area contributed by atoms with Crippen LogP contribution in [0.25, 0.3) is 0 Å². The molecule has 2 N–H and O–H groups in total. The van der Waals surface area contributed by atoms with Gasteiger partial charge in [0, 0.05) is 12.6 Å². The molecule has 0 amide bonds. The Morgan fingerprint density at radius 2 is 1.65 bits per heavy atom. The van der Waals surface area contributed by atoms with Crippen LogP contribution in [0, 0.1) is 6.92 Å². The normalized spacial score (nSPS) is 13.9. The van der Waals surface area contributed by atoms with Gasteiger partial charge < -0.3 is 10.4 Å². The van der Waals surface area contributed by atoms with Gasteiger partial charge in [-0.25, -0.2) is 0 Å². The van der Waals surface area contributed by atoms with E-state index in [0.717, 1.165) is 18.5 Å². The zero-order valence-electron chi connectivity index (χ0n) is 12.2. The Balaban J connectivity index is 1.98. The van der Waals surface area contributed by atoms with Crippen LogP contribution < -0.4 is 5.32 Å². The van der Waals surface area contributed by atoms with Gasteiger partial charge in [-0.2, -0.15) is 0 Å². The van der Waals surface area contributed by atoms with E-state index in [9.17, 15) is 5.11 Å². The van der Waals surface area contributed by atoms with E-state index in [1.807, 2.05) is 42.5 Å². The highest BCUT2D eigenvalue weighted by Gasteiger charge is 2.18. The number of hydrogen-bond donors (Lipinski definition) is 2. The molecule has 0 aromatic heterocycles. The van der Waals surface area contributed by atoms with Crippen LogP contribution in [0.15, 0.2) is 54.6 Å². The molecule has 2 nitrogen and oxygen atoms in total. The van der Waals surface area contributed by atoms with Gasteiger partial charge in [0.15, 0.2) is 0 Å². The molecule has 0 radical (unpaired) electrons. The molecule has 0 spiro atoms. The first-order chi connectivity index (χ1) is 9.70. The van der Waals surface area contributed by atoms with Crippen molar-refractivity contribution in [2.24, 2.45) is 0 Å². The van der Waals surface area contributed by atoms with E-state index in [0.29, 0.717) is 0 Å². The number of benzene rings is 2. The van der Waals surface area contributed by atoms with Crippen LogP contribution in [0.1, 0.15) is 36.1 Å². The van der Waals surface area contributed by atoms with E-state index in [1.54, 1.807) is 0 Å². The van der Waals surface area contributed by atoms with Crippen LogP contribution >= 0.6 is 0 Å². The van der Waals surface area contributed by atoms with E-state index >= 15 is 0 Å². The van der Waals surface area contributed by atoms with Crippen LogP contribution in [0.4, 0.5) is 0 Å². The summed E-state index contributed by atoms with van der Waals surface area (Å²) in [6.07, 6.45) is 0.423. The molecule has 0 fully saturated rings. The predicted molar refractivity (Wildman–Crippen MR) is 83.5 cm³/mol. The fraction of sp³-hybridized carbons (Fsp3) is 0.333. The molecule has 20 heavy (non-hydrogen) atoms. The summed E-state index contributed by atoms with van der Waals surface area (Å²) in [5, 5.41) is 13.9. The van der Waals surface area contributed by atoms with Crippen LogP contribution in [0.2, 0.25) is 0 Å². The maximum Gasteiger partial charge on any atom is 0.0942 e. The lowest BCUT2D eigenvalue weighted by molar-refractivity contribution is 0.125. The summed E-state index contributed by atoms with van der Waals surface area (Å²) >= 11 is 0. The number of aryl methyl sites for hydroxylation is 1. The van der Waals surface area contributed by atoms with Gasteiger partial charge >= 0.3 is 0 Å². The first-order valence-corrected chi connectivity index (χ1v) is 7.22. The van der Waals surface area contributed by atoms with Gasteiger partial charge in [0.2, 0.25) is 0 Å². The zero-order chi connectivity index (χ0) is 14.4. The topological polar surface area (TPSA) is 32.3 Å². The standard InChI is InChI=1S/C18H23NO/c1-3-17(19-13-15-7-5-4-6-8-15)18(20)16-11-9-14(2)10-12-16/h4-12,17-20H,3,13H2,1-2H3. The highest BCUT2D eigenvalue weighted by Crippen LogP contribution is 2.19. The van der Waals surface area contributed by atoms with E-state index in [2.05, 4.69) is 31.3 Å². The molecule has 0 saturated carbocycles. The number of hydrogen-bond acceptors (Lipinski definition) is 2. The van der Waals surface area contributed by atoms with Crippen LogP contribution in [-0.2, 0) is 6.54 Å². The zero-order valence-corrected chi connectivity index (χ0v) is 12.2. The van der Waals surface area contributed by atoms with Crippen LogP contribution in [-0.4, -0.2) is 11.1 Å². The molecule has 0 aliphatic rings. The summed E-state index contributed by atoms with van der Waals surface area (Å²) in [5.74, 6) is 0. The van der Waals surface area contributed by atoms with E-state index < -0.39 is 6.10 Å². The average Bonchev–Trinajstić information content (AvgIpc) is 2.49. The van der Waals surface area contributed by atoms with E-state index in [1.165, 1.54) is 11.1 Å². The Morgan fingerprint density at radius 3 is 2.25 bits per heavy atom. The molecule has 2 atom stereocenters. The largest absolute Gasteiger partial charge is 0.387 e. The molecule has 2 heteroatoms. The first-order valence-electron chi connectivity index (χ1n) is 7.22. The van der Waals surface area contributed by atoms with Crippen molar-refractivity contribution in [1.29, 1.82) is 0 Å². The van der Waals surface area contributed by atoms with Crippen molar-refractivity contribution in [2.75, 3.05) is 0 Å². The smallest absolute Gasteiger partial charge is 0.0942 e.